The van der Waals surface area contributed by atoms with Crippen LogP contribution < -0.4 is 31.1 Å². The summed E-state index contributed by atoms with van der Waals surface area (Å²) >= 11 is 0. The zero-order chi connectivity index (χ0) is 58.2. The van der Waals surface area contributed by atoms with E-state index in [2.05, 4.69) is 272 Å². The second-order valence-corrected chi connectivity index (χ2v) is 31.3. The van der Waals surface area contributed by atoms with Crippen LogP contribution in [0.1, 0.15) is 209 Å². The molecule has 4 heteroatoms. The Labute approximate surface area is 497 Å². The highest BCUT2D eigenvalue weighted by molar-refractivity contribution is 7.00. The molecule has 2 unspecified atom stereocenters. The molecule has 83 heavy (non-hydrogen) atoms. The van der Waals surface area contributed by atoms with E-state index in [0.717, 1.165) is 12.8 Å². The van der Waals surface area contributed by atoms with Crippen molar-refractivity contribution in [3.8, 4) is 11.1 Å². The van der Waals surface area contributed by atoms with Gasteiger partial charge in [0.2, 0.25) is 0 Å². The van der Waals surface area contributed by atoms with E-state index < -0.39 is 0 Å². The van der Waals surface area contributed by atoms with Crippen LogP contribution in [0.4, 0.5) is 45.5 Å². The number of nitrogens with zero attached hydrogens (tertiary/aromatic N) is 3. The summed E-state index contributed by atoms with van der Waals surface area (Å²) in [5.74, 6) is 0. The summed E-state index contributed by atoms with van der Waals surface area (Å²) in [5.41, 5.74) is 33.7. The number of anilines is 8. The third-order valence-electron chi connectivity index (χ3n) is 23.4. The molecule has 420 valence electrons. The van der Waals surface area contributed by atoms with Crippen LogP contribution in [-0.2, 0) is 37.9 Å². The molecular weight excluding hydrogens is 1000 g/mol. The first-order valence-electron chi connectivity index (χ1n) is 31.6. The summed E-state index contributed by atoms with van der Waals surface area (Å²) in [6.07, 6.45) is 7.19. The zero-order valence-corrected chi connectivity index (χ0v) is 52.9. The van der Waals surface area contributed by atoms with Crippen molar-refractivity contribution in [3.05, 3.63) is 206 Å². The summed E-state index contributed by atoms with van der Waals surface area (Å²) in [6, 6.07) is 56.8. The summed E-state index contributed by atoms with van der Waals surface area (Å²) in [4.78, 5) is 8.37. The van der Waals surface area contributed by atoms with Crippen LogP contribution >= 0.6 is 0 Å². The van der Waals surface area contributed by atoms with Gasteiger partial charge >= 0.3 is 0 Å². The minimum Gasteiger partial charge on any atom is -0.334 e. The van der Waals surface area contributed by atoms with Crippen LogP contribution in [0.3, 0.4) is 0 Å². The van der Waals surface area contributed by atoms with Gasteiger partial charge in [0, 0.05) is 61.5 Å². The predicted molar refractivity (Wildman–Crippen MR) is 355 cm³/mol. The molecule has 3 aliphatic heterocycles. The number of hydrogen-bond donors (Lipinski definition) is 0. The lowest BCUT2D eigenvalue weighted by Gasteiger charge is -2.51. The summed E-state index contributed by atoms with van der Waals surface area (Å²) in [7, 11) is 0. The van der Waals surface area contributed by atoms with Crippen molar-refractivity contribution in [3.63, 3.8) is 0 Å². The van der Waals surface area contributed by atoms with Gasteiger partial charge in [-0.05, 0) is 206 Å². The first kappa shape index (κ1) is 53.0. The van der Waals surface area contributed by atoms with E-state index in [1.807, 2.05) is 0 Å². The molecule has 8 aromatic carbocycles. The summed E-state index contributed by atoms with van der Waals surface area (Å²) in [5, 5.41) is 0. The number of aryl methyl sites for hydroxylation is 2. The van der Waals surface area contributed by atoms with Gasteiger partial charge in [-0.1, -0.05) is 201 Å². The van der Waals surface area contributed by atoms with Crippen molar-refractivity contribution in [2.45, 2.75) is 200 Å². The summed E-state index contributed by atoms with van der Waals surface area (Å²) < 4.78 is 0. The molecule has 1 fully saturated rings. The highest BCUT2D eigenvalue weighted by atomic mass is 15.3. The molecule has 8 aromatic rings. The minimum atomic E-state index is -0.236. The topological polar surface area (TPSA) is 9.72 Å². The maximum Gasteiger partial charge on any atom is 0.252 e. The van der Waals surface area contributed by atoms with Gasteiger partial charge in [0.25, 0.3) is 6.71 Å². The monoisotopic (exact) mass is 1090 g/mol. The van der Waals surface area contributed by atoms with Crippen LogP contribution in [0.5, 0.6) is 0 Å². The third-order valence-corrected chi connectivity index (χ3v) is 23.4. The molecule has 0 bridgehead atoms. The molecule has 3 nitrogen and oxygen atoms in total. The Morgan fingerprint density at radius 2 is 0.988 bits per heavy atom. The minimum absolute atomic E-state index is 0.00111. The van der Waals surface area contributed by atoms with Crippen molar-refractivity contribution >= 4 is 68.6 Å². The number of fused-ring (bicyclic) bond motifs is 13. The van der Waals surface area contributed by atoms with E-state index in [0.29, 0.717) is 0 Å². The molecule has 2 atom stereocenters. The van der Waals surface area contributed by atoms with Gasteiger partial charge in [-0.15, -0.1) is 0 Å². The second-order valence-electron chi connectivity index (χ2n) is 31.3. The van der Waals surface area contributed by atoms with Crippen molar-refractivity contribution in [2.24, 2.45) is 0 Å². The fourth-order valence-corrected chi connectivity index (χ4v) is 18.3. The van der Waals surface area contributed by atoms with Gasteiger partial charge in [-0.25, -0.2) is 0 Å². The number of hydrogen-bond acceptors (Lipinski definition) is 3. The van der Waals surface area contributed by atoms with E-state index in [9.17, 15) is 0 Å². The Morgan fingerprint density at radius 1 is 0.410 bits per heavy atom. The van der Waals surface area contributed by atoms with Crippen molar-refractivity contribution in [2.75, 3.05) is 14.7 Å². The lowest BCUT2D eigenvalue weighted by Crippen LogP contribution is -2.62. The molecule has 0 spiro atoms. The van der Waals surface area contributed by atoms with E-state index >= 15 is 0 Å². The smallest absolute Gasteiger partial charge is 0.252 e. The average Bonchev–Trinajstić information content (AvgIpc) is 2.38. The van der Waals surface area contributed by atoms with Crippen molar-refractivity contribution in [1.82, 2.24) is 0 Å². The van der Waals surface area contributed by atoms with Gasteiger partial charge in [0.05, 0.1) is 11.2 Å². The molecule has 3 heterocycles. The molecule has 4 aliphatic carbocycles. The Balaban J connectivity index is 1.06. The van der Waals surface area contributed by atoms with Gasteiger partial charge in [0.15, 0.2) is 0 Å². The maximum atomic E-state index is 2.83. The standard InChI is InChI=1S/C79H86BN3/c1-47-39-68-71-69(40-47)82(65-45-57-56(41-48(65)2)73(6,7)37-38-74(57,8)9)66-43-50(83-63-34-31-49(72(3,4)5)42-60(63)78(16)35-22-23-36-79(78,83)17)32-33-61(66)80(71)62-44-58-59(76(12,13)55-29-21-20-28-54(55)75(58,10)11)46-67(62)81(68)64-30-24-26-52-51-25-18-19-27-53(51)77(14,15)70(52)64/h18-21,24-34,39-46H,22-23,35-38H2,1-17H3. The maximum absolute atomic E-state index is 2.83. The van der Waals surface area contributed by atoms with Gasteiger partial charge < -0.3 is 14.7 Å². The van der Waals surface area contributed by atoms with Crippen molar-refractivity contribution < 1.29 is 0 Å². The average molecular weight is 1090 g/mol. The van der Waals surface area contributed by atoms with Crippen LogP contribution in [0.15, 0.2) is 140 Å². The first-order valence-corrected chi connectivity index (χ1v) is 31.6. The van der Waals surface area contributed by atoms with Gasteiger partial charge in [-0.3, -0.25) is 0 Å². The molecule has 0 aromatic heterocycles. The van der Waals surface area contributed by atoms with E-state index in [1.165, 1.54) is 165 Å². The molecule has 7 aliphatic rings. The quantitative estimate of drug-likeness (QED) is 0.163. The third kappa shape index (κ3) is 6.87. The van der Waals surface area contributed by atoms with Crippen LogP contribution in [-0.4, -0.2) is 12.3 Å². The lowest BCUT2D eigenvalue weighted by molar-refractivity contribution is 0.195. The van der Waals surface area contributed by atoms with Crippen LogP contribution in [0, 0.1) is 13.8 Å². The van der Waals surface area contributed by atoms with E-state index in [-0.39, 0.29) is 50.2 Å². The Hall–Kier alpha value is -6.78. The number of benzene rings is 8. The highest BCUT2D eigenvalue weighted by Crippen LogP contribution is 2.63. The van der Waals surface area contributed by atoms with E-state index in [1.54, 1.807) is 0 Å². The molecule has 0 radical (unpaired) electrons. The second kappa shape index (κ2) is 16.8. The SMILES string of the molecule is Cc1cc2c3c(c1)N(c1cccc4c1C(C)(C)c1ccccc1-4)c1cc4c(cc1B3c1ccc(N3c5ccc(C(C)(C)C)cc5C5(C)CCCCC35C)cc1N2c1cc2c(cc1C)C(C)(C)CCC2(C)C)C(C)(C)c1ccccc1C4(C)C. The fraction of sp³-hybridized carbons (Fsp3) is 0.392. The molecule has 0 N–H and O–H groups in total. The Morgan fingerprint density at radius 3 is 1.66 bits per heavy atom. The number of rotatable bonds is 3. The highest BCUT2D eigenvalue weighted by Gasteiger charge is 2.58. The van der Waals surface area contributed by atoms with Crippen molar-refractivity contribution in [1.29, 1.82) is 0 Å². The molecule has 15 rings (SSSR count). The fourth-order valence-electron chi connectivity index (χ4n) is 18.3. The zero-order valence-electron chi connectivity index (χ0n) is 52.9. The van der Waals surface area contributed by atoms with Crippen LogP contribution in [0.25, 0.3) is 11.1 Å². The van der Waals surface area contributed by atoms with E-state index in [4.69, 9.17) is 0 Å². The Bertz CT molecular complexity index is 4160. The normalized spacial score (nSPS) is 22.7. The molecular formula is C79H86BN3. The molecule has 1 saturated carbocycles. The van der Waals surface area contributed by atoms with Crippen LogP contribution in [0.2, 0.25) is 0 Å². The summed E-state index contributed by atoms with van der Waals surface area (Å²) in [6.45, 7) is 41.9. The largest absolute Gasteiger partial charge is 0.334 e. The first-order chi connectivity index (χ1) is 39.1. The predicted octanol–water partition coefficient (Wildman–Crippen LogP) is 19.0. The van der Waals surface area contributed by atoms with Gasteiger partial charge in [0.1, 0.15) is 0 Å². The lowest BCUT2D eigenvalue weighted by atomic mass is 9.33. The molecule has 0 amide bonds. The Kier molecular flexibility index (Phi) is 10.7. The molecule has 0 saturated heterocycles. The van der Waals surface area contributed by atoms with Gasteiger partial charge in [-0.2, -0.15) is 0 Å².